The molecular formula is C19H35IN4O. The van der Waals surface area contributed by atoms with Crippen LogP contribution in [0.1, 0.15) is 37.9 Å². The fourth-order valence-electron chi connectivity index (χ4n) is 2.45. The number of hydrogen-bond donors (Lipinski definition) is 2. The van der Waals surface area contributed by atoms with Crippen molar-refractivity contribution in [3.63, 3.8) is 0 Å². The van der Waals surface area contributed by atoms with Crippen molar-refractivity contribution < 1.29 is 4.74 Å². The molecule has 5 nitrogen and oxygen atoms in total. The van der Waals surface area contributed by atoms with Crippen LogP contribution in [0.25, 0.3) is 0 Å². The van der Waals surface area contributed by atoms with Crippen LogP contribution in [0, 0.1) is 0 Å². The summed E-state index contributed by atoms with van der Waals surface area (Å²) in [7, 11) is 4.20. The zero-order valence-corrected chi connectivity index (χ0v) is 18.7. The van der Waals surface area contributed by atoms with Crippen LogP contribution in [-0.2, 0) is 11.2 Å². The van der Waals surface area contributed by atoms with Crippen molar-refractivity contribution in [1.29, 1.82) is 0 Å². The smallest absolute Gasteiger partial charge is 0.191 e. The van der Waals surface area contributed by atoms with E-state index in [1.807, 2.05) is 6.92 Å². The molecule has 0 aromatic heterocycles. The van der Waals surface area contributed by atoms with Gasteiger partial charge in [-0.25, -0.2) is 0 Å². The molecule has 0 aliphatic heterocycles. The van der Waals surface area contributed by atoms with Crippen LogP contribution in [0.5, 0.6) is 0 Å². The van der Waals surface area contributed by atoms with Crippen LogP contribution in [0.3, 0.4) is 0 Å². The van der Waals surface area contributed by atoms with Gasteiger partial charge in [-0.3, -0.25) is 4.99 Å². The van der Waals surface area contributed by atoms with Gasteiger partial charge in [0, 0.05) is 19.7 Å². The molecule has 0 fully saturated rings. The number of rotatable bonds is 10. The molecule has 0 radical (unpaired) electrons. The second-order valence-electron chi connectivity index (χ2n) is 5.92. The van der Waals surface area contributed by atoms with E-state index in [-0.39, 0.29) is 30.0 Å². The van der Waals surface area contributed by atoms with Gasteiger partial charge in [0.05, 0.1) is 19.2 Å². The van der Waals surface area contributed by atoms with Crippen molar-refractivity contribution in [3.05, 3.63) is 35.4 Å². The molecule has 0 aliphatic carbocycles. The molecule has 2 N–H and O–H groups in total. The van der Waals surface area contributed by atoms with E-state index in [4.69, 9.17) is 9.73 Å². The third-order valence-electron chi connectivity index (χ3n) is 3.91. The van der Waals surface area contributed by atoms with Crippen LogP contribution in [0.4, 0.5) is 0 Å². The van der Waals surface area contributed by atoms with Crippen molar-refractivity contribution in [2.75, 3.05) is 46.9 Å². The topological polar surface area (TPSA) is 48.9 Å². The lowest BCUT2D eigenvalue weighted by atomic mass is 10.0. The predicted octanol–water partition coefficient (Wildman–Crippen LogP) is 3.06. The Morgan fingerprint density at radius 1 is 1.12 bits per heavy atom. The van der Waals surface area contributed by atoms with Crippen LogP contribution in [0.15, 0.2) is 29.3 Å². The molecule has 6 heteroatoms. The summed E-state index contributed by atoms with van der Waals surface area (Å²) >= 11 is 0. The number of aryl methyl sites for hydroxylation is 1. The molecule has 1 rings (SSSR count). The van der Waals surface area contributed by atoms with E-state index >= 15 is 0 Å². The minimum atomic E-state index is 0. The first-order chi connectivity index (χ1) is 11.6. The fourth-order valence-corrected chi connectivity index (χ4v) is 2.45. The second-order valence-corrected chi connectivity index (χ2v) is 5.92. The Labute approximate surface area is 170 Å². The standard InChI is InChI=1S/C19H34N4O.HI/c1-6-16-9-11-17(12-10-16)18(23(4)5)15-22-19(20-7-2)21-13-14-24-8-3;/h9-12,18H,6-8,13-15H2,1-5H3,(H2,20,21,22);1H. The van der Waals surface area contributed by atoms with Gasteiger partial charge in [0.25, 0.3) is 0 Å². The Morgan fingerprint density at radius 2 is 1.80 bits per heavy atom. The lowest BCUT2D eigenvalue weighted by Crippen LogP contribution is -2.39. The fraction of sp³-hybridized carbons (Fsp3) is 0.632. The van der Waals surface area contributed by atoms with Crippen LogP contribution >= 0.6 is 24.0 Å². The Bertz CT molecular complexity index is 477. The molecule has 1 atom stereocenters. The molecule has 0 saturated carbocycles. The Kier molecular flexibility index (Phi) is 13.8. The van der Waals surface area contributed by atoms with Gasteiger partial charge < -0.3 is 20.3 Å². The maximum atomic E-state index is 5.36. The molecule has 1 unspecified atom stereocenters. The third-order valence-corrected chi connectivity index (χ3v) is 3.91. The SMILES string of the molecule is CCNC(=NCC(c1ccc(CC)cc1)N(C)C)NCCOCC.I. The van der Waals surface area contributed by atoms with E-state index in [0.717, 1.165) is 32.1 Å². The van der Waals surface area contributed by atoms with Gasteiger partial charge in [-0.05, 0) is 45.5 Å². The summed E-state index contributed by atoms with van der Waals surface area (Å²) in [6.45, 7) is 10.0. The average Bonchev–Trinajstić information content (AvgIpc) is 2.59. The summed E-state index contributed by atoms with van der Waals surface area (Å²) < 4.78 is 5.36. The van der Waals surface area contributed by atoms with Crippen molar-refractivity contribution >= 4 is 29.9 Å². The van der Waals surface area contributed by atoms with Crippen LogP contribution in [0.2, 0.25) is 0 Å². The van der Waals surface area contributed by atoms with E-state index in [2.05, 4.69) is 67.7 Å². The normalized spacial score (nSPS) is 12.6. The summed E-state index contributed by atoms with van der Waals surface area (Å²) in [6.07, 6.45) is 1.07. The number of benzene rings is 1. The molecule has 1 aromatic rings. The van der Waals surface area contributed by atoms with Crippen molar-refractivity contribution in [3.8, 4) is 0 Å². The monoisotopic (exact) mass is 462 g/mol. The molecule has 0 aliphatic rings. The van der Waals surface area contributed by atoms with E-state index in [9.17, 15) is 0 Å². The van der Waals surface area contributed by atoms with Gasteiger partial charge in [0.2, 0.25) is 0 Å². The average molecular weight is 462 g/mol. The summed E-state index contributed by atoms with van der Waals surface area (Å²) in [4.78, 5) is 6.97. The van der Waals surface area contributed by atoms with E-state index in [1.54, 1.807) is 0 Å². The Hall–Kier alpha value is -0.860. The lowest BCUT2D eigenvalue weighted by Gasteiger charge is -2.24. The third kappa shape index (κ3) is 9.42. The molecule has 0 spiro atoms. The van der Waals surface area contributed by atoms with Gasteiger partial charge in [-0.1, -0.05) is 31.2 Å². The lowest BCUT2D eigenvalue weighted by molar-refractivity contribution is 0.152. The van der Waals surface area contributed by atoms with Gasteiger partial charge in [0.15, 0.2) is 5.96 Å². The van der Waals surface area contributed by atoms with Crippen LogP contribution in [-0.4, -0.2) is 57.8 Å². The molecule has 144 valence electrons. The summed E-state index contributed by atoms with van der Waals surface area (Å²) in [5, 5.41) is 6.60. The van der Waals surface area contributed by atoms with Crippen molar-refractivity contribution in [2.45, 2.75) is 33.2 Å². The maximum absolute atomic E-state index is 5.36. The van der Waals surface area contributed by atoms with Gasteiger partial charge in [-0.2, -0.15) is 0 Å². The van der Waals surface area contributed by atoms with E-state index < -0.39 is 0 Å². The number of guanidine groups is 1. The predicted molar refractivity (Wildman–Crippen MR) is 118 cm³/mol. The number of aliphatic imine (C=N–C) groups is 1. The highest BCUT2D eigenvalue weighted by molar-refractivity contribution is 14.0. The Morgan fingerprint density at radius 3 is 2.32 bits per heavy atom. The minimum absolute atomic E-state index is 0. The van der Waals surface area contributed by atoms with Gasteiger partial charge in [-0.15, -0.1) is 24.0 Å². The number of likely N-dealkylation sites (N-methyl/N-ethyl adjacent to an activating group) is 1. The van der Waals surface area contributed by atoms with Crippen molar-refractivity contribution in [2.24, 2.45) is 4.99 Å². The molecule has 0 bridgehead atoms. The Balaban J connectivity index is 0.00000576. The first-order valence-corrected chi connectivity index (χ1v) is 8.97. The first-order valence-electron chi connectivity index (χ1n) is 8.97. The van der Waals surface area contributed by atoms with Gasteiger partial charge in [0.1, 0.15) is 0 Å². The molecule has 0 saturated heterocycles. The molecule has 0 heterocycles. The van der Waals surface area contributed by atoms with Crippen molar-refractivity contribution in [1.82, 2.24) is 15.5 Å². The number of ether oxygens (including phenoxy) is 1. The highest BCUT2D eigenvalue weighted by atomic mass is 127. The number of hydrogen-bond acceptors (Lipinski definition) is 3. The number of nitrogens with zero attached hydrogens (tertiary/aromatic N) is 2. The maximum Gasteiger partial charge on any atom is 0.191 e. The zero-order chi connectivity index (χ0) is 17.8. The quantitative estimate of drug-likeness (QED) is 0.243. The van der Waals surface area contributed by atoms with Gasteiger partial charge >= 0.3 is 0 Å². The van der Waals surface area contributed by atoms with E-state index in [0.29, 0.717) is 13.2 Å². The zero-order valence-electron chi connectivity index (χ0n) is 16.3. The highest BCUT2D eigenvalue weighted by Gasteiger charge is 2.14. The molecule has 25 heavy (non-hydrogen) atoms. The summed E-state index contributed by atoms with van der Waals surface area (Å²) in [5.41, 5.74) is 2.66. The van der Waals surface area contributed by atoms with Crippen LogP contribution < -0.4 is 10.6 Å². The largest absolute Gasteiger partial charge is 0.380 e. The number of halogens is 1. The van der Waals surface area contributed by atoms with E-state index in [1.165, 1.54) is 11.1 Å². The minimum Gasteiger partial charge on any atom is -0.380 e. The highest BCUT2D eigenvalue weighted by Crippen LogP contribution is 2.19. The second kappa shape index (κ2) is 14.3. The summed E-state index contributed by atoms with van der Waals surface area (Å²) in [5.74, 6) is 0.842. The summed E-state index contributed by atoms with van der Waals surface area (Å²) in [6, 6.07) is 9.11. The number of nitrogens with one attached hydrogen (secondary N) is 2. The molecule has 1 aromatic carbocycles. The molecule has 0 amide bonds. The molecular weight excluding hydrogens is 427 g/mol. The first kappa shape index (κ1) is 24.1.